The quantitative estimate of drug-likeness (QED) is 0.603. The maximum atomic E-state index is 11.0. The number of nitrogens with one attached hydrogen (secondary N) is 2. The van der Waals surface area contributed by atoms with E-state index in [0.29, 0.717) is 12.5 Å². The zero-order chi connectivity index (χ0) is 11.2. The van der Waals surface area contributed by atoms with Crippen molar-refractivity contribution in [3.8, 4) is 0 Å². The summed E-state index contributed by atoms with van der Waals surface area (Å²) >= 11 is 0. The third-order valence-corrected chi connectivity index (χ3v) is 3.18. The Morgan fingerprint density at radius 2 is 2.25 bits per heavy atom. The number of carbonyl (C=O) groups is 1. The van der Waals surface area contributed by atoms with E-state index in [1.54, 1.807) is 0 Å². The number of nitrogens with zero attached hydrogens (tertiary/aromatic N) is 1. The first-order valence-corrected chi connectivity index (χ1v) is 6.15. The number of hydrogen-bond donors (Lipinski definition) is 2. The summed E-state index contributed by atoms with van der Waals surface area (Å²) < 4.78 is 5.29. The first-order valence-electron chi connectivity index (χ1n) is 6.15. The van der Waals surface area contributed by atoms with Crippen LogP contribution in [0.25, 0.3) is 0 Å². The van der Waals surface area contributed by atoms with Crippen LogP contribution in [0.5, 0.6) is 0 Å². The van der Waals surface area contributed by atoms with Gasteiger partial charge in [-0.1, -0.05) is 0 Å². The minimum absolute atomic E-state index is 0.194. The van der Waals surface area contributed by atoms with Gasteiger partial charge in [-0.15, -0.1) is 0 Å². The molecule has 92 valence electrons. The molecule has 0 bridgehead atoms. The van der Waals surface area contributed by atoms with Crippen LogP contribution in [0.3, 0.4) is 0 Å². The highest BCUT2D eigenvalue weighted by Gasteiger charge is 2.19. The van der Waals surface area contributed by atoms with Gasteiger partial charge in [-0.2, -0.15) is 0 Å². The lowest BCUT2D eigenvalue weighted by molar-refractivity contribution is -0.119. The van der Waals surface area contributed by atoms with E-state index >= 15 is 0 Å². The highest BCUT2D eigenvalue weighted by molar-refractivity contribution is 5.78. The molecule has 1 amide bonds. The molecule has 2 heterocycles. The zero-order valence-electron chi connectivity index (χ0n) is 9.71. The molecular formula is C11H21N3O2. The van der Waals surface area contributed by atoms with Crippen molar-refractivity contribution in [2.24, 2.45) is 0 Å². The normalized spacial score (nSPS) is 27.0. The molecule has 2 N–H and O–H groups in total. The zero-order valence-corrected chi connectivity index (χ0v) is 9.71. The second kappa shape index (κ2) is 6.18. The summed E-state index contributed by atoms with van der Waals surface area (Å²) in [5.74, 6) is 0.194. The molecule has 2 saturated heterocycles. The van der Waals surface area contributed by atoms with Crippen LogP contribution in [0.4, 0.5) is 0 Å². The van der Waals surface area contributed by atoms with Crippen molar-refractivity contribution < 1.29 is 9.53 Å². The van der Waals surface area contributed by atoms with E-state index in [1.807, 2.05) is 0 Å². The molecule has 0 aromatic carbocycles. The molecule has 0 saturated carbocycles. The monoisotopic (exact) mass is 227 g/mol. The lowest BCUT2D eigenvalue weighted by Crippen LogP contribution is -2.42. The van der Waals surface area contributed by atoms with Crippen molar-refractivity contribution in [2.45, 2.75) is 18.9 Å². The predicted molar refractivity (Wildman–Crippen MR) is 61.3 cm³/mol. The van der Waals surface area contributed by atoms with Crippen molar-refractivity contribution in [2.75, 3.05) is 45.9 Å². The average molecular weight is 227 g/mol. The predicted octanol–water partition coefficient (Wildman–Crippen LogP) is -0.813. The van der Waals surface area contributed by atoms with Crippen molar-refractivity contribution in [3.63, 3.8) is 0 Å². The summed E-state index contributed by atoms with van der Waals surface area (Å²) in [5, 5.41) is 6.36. The van der Waals surface area contributed by atoms with E-state index in [2.05, 4.69) is 15.5 Å². The van der Waals surface area contributed by atoms with Crippen molar-refractivity contribution in [3.05, 3.63) is 0 Å². The van der Waals surface area contributed by atoms with E-state index in [9.17, 15) is 4.79 Å². The minimum Gasteiger partial charge on any atom is -0.379 e. The van der Waals surface area contributed by atoms with E-state index in [4.69, 9.17) is 4.74 Å². The van der Waals surface area contributed by atoms with Crippen LogP contribution in [0.15, 0.2) is 0 Å². The highest BCUT2D eigenvalue weighted by Crippen LogP contribution is 2.04. The fraction of sp³-hybridized carbons (Fsp3) is 0.909. The third-order valence-electron chi connectivity index (χ3n) is 3.18. The van der Waals surface area contributed by atoms with Gasteiger partial charge in [-0.05, 0) is 6.42 Å². The number of morpholine rings is 1. The second-order valence-corrected chi connectivity index (χ2v) is 4.46. The first-order chi connectivity index (χ1) is 7.84. The van der Waals surface area contributed by atoms with E-state index in [1.165, 1.54) is 0 Å². The molecule has 2 aliphatic heterocycles. The van der Waals surface area contributed by atoms with Gasteiger partial charge in [0.1, 0.15) is 0 Å². The average Bonchev–Trinajstić information content (AvgIpc) is 2.72. The molecule has 2 fully saturated rings. The number of rotatable bonds is 5. The second-order valence-electron chi connectivity index (χ2n) is 4.46. The molecule has 5 nitrogen and oxygen atoms in total. The molecule has 0 spiro atoms. The van der Waals surface area contributed by atoms with Crippen LogP contribution >= 0.6 is 0 Å². The van der Waals surface area contributed by atoms with Crippen LogP contribution in [0.1, 0.15) is 12.8 Å². The Bertz CT molecular complexity index is 229. The third kappa shape index (κ3) is 3.73. The summed E-state index contributed by atoms with van der Waals surface area (Å²) in [4.78, 5) is 13.4. The Hall–Kier alpha value is -0.650. The molecule has 2 rings (SSSR count). The van der Waals surface area contributed by atoms with E-state index < -0.39 is 0 Å². The summed E-state index contributed by atoms with van der Waals surface area (Å²) in [6.07, 6.45) is 1.67. The number of hydrogen-bond acceptors (Lipinski definition) is 4. The fourth-order valence-corrected chi connectivity index (χ4v) is 2.17. The van der Waals surface area contributed by atoms with Gasteiger partial charge in [-0.25, -0.2) is 0 Å². The van der Waals surface area contributed by atoms with E-state index in [-0.39, 0.29) is 5.91 Å². The molecule has 0 radical (unpaired) electrons. The van der Waals surface area contributed by atoms with Gasteiger partial charge in [0.15, 0.2) is 0 Å². The SMILES string of the molecule is O=C1CCC(CNCCN2CCOCC2)N1. The highest BCUT2D eigenvalue weighted by atomic mass is 16.5. The van der Waals surface area contributed by atoms with Crippen LogP contribution in [0, 0.1) is 0 Å². The Labute approximate surface area is 96.5 Å². The van der Waals surface area contributed by atoms with Crippen molar-refractivity contribution >= 4 is 5.91 Å². The van der Waals surface area contributed by atoms with Gasteiger partial charge in [0.2, 0.25) is 5.91 Å². The molecule has 1 unspecified atom stereocenters. The number of ether oxygens (including phenoxy) is 1. The maximum Gasteiger partial charge on any atom is 0.220 e. The maximum absolute atomic E-state index is 11.0. The lowest BCUT2D eigenvalue weighted by Gasteiger charge is -2.26. The summed E-state index contributed by atoms with van der Waals surface area (Å²) in [6.45, 7) is 6.77. The largest absolute Gasteiger partial charge is 0.379 e. The first kappa shape index (κ1) is 11.8. The van der Waals surface area contributed by atoms with Crippen LogP contribution in [0.2, 0.25) is 0 Å². The number of carbonyl (C=O) groups excluding carboxylic acids is 1. The van der Waals surface area contributed by atoms with Gasteiger partial charge in [-0.3, -0.25) is 9.69 Å². The molecule has 0 aromatic rings. The van der Waals surface area contributed by atoms with Crippen LogP contribution < -0.4 is 10.6 Å². The summed E-state index contributed by atoms with van der Waals surface area (Å²) in [6, 6.07) is 0.345. The molecule has 1 atom stereocenters. The minimum atomic E-state index is 0.194. The molecule has 0 aliphatic carbocycles. The Morgan fingerprint density at radius 3 is 2.94 bits per heavy atom. The summed E-state index contributed by atoms with van der Waals surface area (Å²) in [7, 11) is 0. The van der Waals surface area contributed by atoms with E-state index in [0.717, 1.165) is 52.4 Å². The fourth-order valence-electron chi connectivity index (χ4n) is 2.17. The Morgan fingerprint density at radius 1 is 1.44 bits per heavy atom. The number of amides is 1. The van der Waals surface area contributed by atoms with Crippen LogP contribution in [-0.4, -0.2) is 62.8 Å². The summed E-state index contributed by atoms with van der Waals surface area (Å²) in [5.41, 5.74) is 0. The molecule has 16 heavy (non-hydrogen) atoms. The molecule has 5 heteroatoms. The lowest BCUT2D eigenvalue weighted by atomic mass is 10.2. The molecule has 0 aromatic heterocycles. The Balaban J connectivity index is 1.49. The Kier molecular flexibility index (Phi) is 4.56. The standard InChI is InChI=1S/C11H21N3O2/c15-11-2-1-10(13-11)9-12-3-4-14-5-7-16-8-6-14/h10,12H,1-9H2,(H,13,15). The van der Waals surface area contributed by atoms with Gasteiger partial charge in [0, 0.05) is 45.2 Å². The van der Waals surface area contributed by atoms with Crippen molar-refractivity contribution in [1.29, 1.82) is 0 Å². The van der Waals surface area contributed by atoms with Gasteiger partial charge < -0.3 is 15.4 Å². The molecular weight excluding hydrogens is 206 g/mol. The topological polar surface area (TPSA) is 53.6 Å². The smallest absolute Gasteiger partial charge is 0.220 e. The van der Waals surface area contributed by atoms with Crippen LogP contribution in [-0.2, 0) is 9.53 Å². The van der Waals surface area contributed by atoms with Crippen molar-refractivity contribution in [1.82, 2.24) is 15.5 Å². The molecule has 2 aliphatic rings. The van der Waals surface area contributed by atoms with Gasteiger partial charge in [0.05, 0.1) is 13.2 Å². The van der Waals surface area contributed by atoms with Gasteiger partial charge >= 0.3 is 0 Å². The van der Waals surface area contributed by atoms with Gasteiger partial charge in [0.25, 0.3) is 0 Å².